The van der Waals surface area contributed by atoms with Gasteiger partial charge in [0.1, 0.15) is 6.10 Å². The van der Waals surface area contributed by atoms with E-state index in [4.69, 9.17) is 5.11 Å². The fourth-order valence-corrected chi connectivity index (χ4v) is 0.676. The zero-order chi connectivity index (χ0) is 13.6. The highest BCUT2D eigenvalue weighted by atomic mass is 16.6. The molecule has 7 heteroatoms. The van der Waals surface area contributed by atoms with E-state index < -0.39 is 42.3 Å². The third kappa shape index (κ3) is 5.76. The maximum atomic E-state index is 11.2. The third-order valence-corrected chi connectivity index (χ3v) is 1.70. The van der Waals surface area contributed by atoms with Crippen LogP contribution in [0.2, 0.25) is 0 Å². The van der Waals surface area contributed by atoms with Gasteiger partial charge in [-0.15, -0.1) is 0 Å². The van der Waals surface area contributed by atoms with Crippen LogP contribution in [-0.2, 0) is 28.7 Å². The Labute approximate surface area is 97.7 Å². The minimum Gasteiger partial charge on any atom is -0.454 e. The minimum atomic E-state index is -1.36. The van der Waals surface area contributed by atoms with Gasteiger partial charge < -0.3 is 14.6 Å². The predicted octanol–water partition coefficient (Wildman–Crippen LogP) is -1.000. The second-order valence-electron chi connectivity index (χ2n) is 3.34. The number of Topliss-reactive ketones (excluding diaryl/α,β-unsaturated/α-hetero) is 2. The molecule has 0 aliphatic carbocycles. The molecule has 0 saturated heterocycles. The Morgan fingerprint density at radius 3 is 2.06 bits per heavy atom. The zero-order valence-corrected chi connectivity index (χ0v) is 9.76. The van der Waals surface area contributed by atoms with E-state index in [1.807, 2.05) is 0 Å². The maximum absolute atomic E-state index is 11.2. The van der Waals surface area contributed by atoms with Crippen molar-refractivity contribution in [2.75, 3.05) is 6.61 Å². The Balaban J connectivity index is 4.11. The molecule has 0 rings (SSSR count). The number of ketones is 2. The number of carbonyl (C=O) groups is 4. The van der Waals surface area contributed by atoms with Crippen LogP contribution < -0.4 is 0 Å². The summed E-state index contributed by atoms with van der Waals surface area (Å²) in [7, 11) is 0. The third-order valence-electron chi connectivity index (χ3n) is 1.70. The van der Waals surface area contributed by atoms with Crippen molar-refractivity contribution in [1.29, 1.82) is 0 Å². The lowest BCUT2D eigenvalue weighted by molar-refractivity contribution is -0.172. The summed E-state index contributed by atoms with van der Waals surface area (Å²) in [5.41, 5.74) is 0. The molecule has 0 aliphatic rings. The summed E-state index contributed by atoms with van der Waals surface area (Å²) in [6.07, 6.45) is -2.61. The SMILES string of the molecule is CC(=O)C(=O)COC(=O)C(C)OC(=O)C(C)O. The molecule has 0 saturated carbocycles. The lowest BCUT2D eigenvalue weighted by atomic mass is 10.3. The number of hydrogen-bond acceptors (Lipinski definition) is 7. The Morgan fingerprint density at radius 2 is 1.65 bits per heavy atom. The predicted molar refractivity (Wildman–Crippen MR) is 53.9 cm³/mol. The molecule has 17 heavy (non-hydrogen) atoms. The van der Waals surface area contributed by atoms with Crippen molar-refractivity contribution in [3.8, 4) is 0 Å². The fourth-order valence-electron chi connectivity index (χ4n) is 0.676. The van der Waals surface area contributed by atoms with Crippen LogP contribution in [0.3, 0.4) is 0 Å². The van der Waals surface area contributed by atoms with E-state index in [-0.39, 0.29) is 0 Å². The summed E-state index contributed by atoms with van der Waals surface area (Å²) in [6, 6.07) is 0. The lowest BCUT2D eigenvalue weighted by Gasteiger charge is -2.13. The van der Waals surface area contributed by atoms with Gasteiger partial charge in [-0.2, -0.15) is 0 Å². The van der Waals surface area contributed by atoms with Crippen LogP contribution in [0.5, 0.6) is 0 Å². The largest absolute Gasteiger partial charge is 0.454 e. The quantitative estimate of drug-likeness (QED) is 0.473. The Morgan fingerprint density at radius 1 is 1.12 bits per heavy atom. The van der Waals surface area contributed by atoms with Gasteiger partial charge >= 0.3 is 11.9 Å². The average molecular weight is 246 g/mol. The van der Waals surface area contributed by atoms with Gasteiger partial charge in [-0.25, -0.2) is 9.59 Å². The Kier molecular flexibility index (Phi) is 6.05. The highest BCUT2D eigenvalue weighted by molar-refractivity contribution is 6.36. The number of rotatable bonds is 6. The number of esters is 2. The maximum Gasteiger partial charge on any atom is 0.347 e. The first-order chi connectivity index (χ1) is 7.75. The molecule has 1 N–H and O–H groups in total. The molecular weight excluding hydrogens is 232 g/mol. The molecule has 0 aliphatic heterocycles. The Bertz CT molecular complexity index is 332. The van der Waals surface area contributed by atoms with Crippen molar-refractivity contribution >= 4 is 23.5 Å². The van der Waals surface area contributed by atoms with Gasteiger partial charge in [-0.1, -0.05) is 0 Å². The van der Waals surface area contributed by atoms with Crippen LogP contribution in [0.25, 0.3) is 0 Å². The van der Waals surface area contributed by atoms with Crippen LogP contribution >= 0.6 is 0 Å². The number of aliphatic hydroxyl groups excluding tert-OH is 1. The van der Waals surface area contributed by atoms with E-state index in [9.17, 15) is 19.2 Å². The summed E-state index contributed by atoms with van der Waals surface area (Å²) in [4.78, 5) is 43.4. The summed E-state index contributed by atoms with van der Waals surface area (Å²) >= 11 is 0. The van der Waals surface area contributed by atoms with Crippen molar-refractivity contribution < 1.29 is 33.8 Å². The van der Waals surface area contributed by atoms with Crippen molar-refractivity contribution in [3.05, 3.63) is 0 Å². The number of aliphatic hydroxyl groups is 1. The minimum absolute atomic E-state index is 0.690. The monoisotopic (exact) mass is 246 g/mol. The van der Waals surface area contributed by atoms with Gasteiger partial charge in [0.2, 0.25) is 5.78 Å². The second-order valence-corrected chi connectivity index (χ2v) is 3.34. The van der Waals surface area contributed by atoms with E-state index in [0.29, 0.717) is 0 Å². The molecule has 0 fully saturated rings. The van der Waals surface area contributed by atoms with Crippen molar-refractivity contribution in [2.45, 2.75) is 33.0 Å². The molecule has 0 radical (unpaired) electrons. The average Bonchev–Trinajstić information content (AvgIpc) is 2.24. The number of carbonyl (C=O) groups excluding carboxylic acids is 4. The van der Waals surface area contributed by atoms with Gasteiger partial charge in [0, 0.05) is 6.92 Å². The van der Waals surface area contributed by atoms with Crippen LogP contribution in [0.1, 0.15) is 20.8 Å². The Hall–Kier alpha value is -1.76. The van der Waals surface area contributed by atoms with Crippen LogP contribution in [0.15, 0.2) is 0 Å². The van der Waals surface area contributed by atoms with Crippen molar-refractivity contribution in [1.82, 2.24) is 0 Å². The first-order valence-corrected chi connectivity index (χ1v) is 4.84. The summed E-state index contributed by atoms with van der Waals surface area (Å²) in [6.45, 7) is 2.76. The first-order valence-electron chi connectivity index (χ1n) is 4.84. The molecule has 2 unspecified atom stereocenters. The van der Waals surface area contributed by atoms with E-state index in [2.05, 4.69) is 9.47 Å². The molecule has 0 aromatic carbocycles. The van der Waals surface area contributed by atoms with Crippen LogP contribution in [-0.4, -0.2) is 47.4 Å². The molecule has 0 aromatic rings. The molecule has 0 spiro atoms. The molecule has 0 heterocycles. The van der Waals surface area contributed by atoms with E-state index in [1.165, 1.54) is 13.8 Å². The van der Waals surface area contributed by atoms with E-state index >= 15 is 0 Å². The van der Waals surface area contributed by atoms with E-state index in [0.717, 1.165) is 6.92 Å². The molecular formula is C10H14O7. The summed E-state index contributed by atoms with van der Waals surface area (Å²) < 4.78 is 8.95. The van der Waals surface area contributed by atoms with Gasteiger partial charge in [-0.05, 0) is 13.8 Å². The van der Waals surface area contributed by atoms with Gasteiger partial charge in [0.05, 0.1) is 0 Å². The zero-order valence-electron chi connectivity index (χ0n) is 9.76. The normalized spacial score (nSPS) is 13.4. The standard InChI is InChI=1S/C10H14O7/c1-5(11)8(13)4-16-10(15)7(3)17-9(14)6(2)12/h6-7,12H,4H2,1-3H3. The van der Waals surface area contributed by atoms with Crippen LogP contribution in [0, 0.1) is 0 Å². The van der Waals surface area contributed by atoms with Gasteiger partial charge in [0.15, 0.2) is 18.5 Å². The van der Waals surface area contributed by atoms with E-state index in [1.54, 1.807) is 0 Å². The molecule has 7 nitrogen and oxygen atoms in total. The number of hydrogen-bond donors (Lipinski definition) is 1. The van der Waals surface area contributed by atoms with Gasteiger partial charge in [0.25, 0.3) is 0 Å². The molecule has 2 atom stereocenters. The van der Waals surface area contributed by atoms with Crippen LogP contribution in [0.4, 0.5) is 0 Å². The van der Waals surface area contributed by atoms with Crippen molar-refractivity contribution in [2.24, 2.45) is 0 Å². The fraction of sp³-hybridized carbons (Fsp3) is 0.600. The molecule has 0 amide bonds. The second kappa shape index (κ2) is 6.74. The highest BCUT2D eigenvalue weighted by Gasteiger charge is 2.22. The van der Waals surface area contributed by atoms with Crippen molar-refractivity contribution in [3.63, 3.8) is 0 Å². The first kappa shape index (κ1) is 15.2. The topological polar surface area (TPSA) is 107 Å². The number of ether oxygens (including phenoxy) is 2. The smallest absolute Gasteiger partial charge is 0.347 e. The summed E-state index contributed by atoms with van der Waals surface area (Å²) in [5, 5.41) is 8.82. The lowest BCUT2D eigenvalue weighted by Crippen LogP contribution is -2.32. The molecule has 0 bridgehead atoms. The summed E-state index contributed by atoms with van der Waals surface area (Å²) in [5.74, 6) is -3.53. The molecule has 96 valence electrons. The highest BCUT2D eigenvalue weighted by Crippen LogP contribution is 1.98. The van der Waals surface area contributed by atoms with Gasteiger partial charge in [-0.3, -0.25) is 9.59 Å². The molecule has 0 aromatic heterocycles.